The van der Waals surface area contributed by atoms with E-state index in [2.05, 4.69) is 19.1 Å². The molecule has 0 aromatic heterocycles. The molecule has 4 nitrogen and oxygen atoms in total. The summed E-state index contributed by atoms with van der Waals surface area (Å²) >= 11 is 0. The molecule has 0 saturated carbocycles. The van der Waals surface area contributed by atoms with Gasteiger partial charge in [-0.25, -0.2) is 4.79 Å². The van der Waals surface area contributed by atoms with Gasteiger partial charge in [-0.1, -0.05) is 67.6 Å². The van der Waals surface area contributed by atoms with Crippen molar-refractivity contribution in [3.8, 4) is 0 Å². The summed E-state index contributed by atoms with van der Waals surface area (Å²) in [5.74, 6) is 0. The quantitative estimate of drug-likeness (QED) is 0.895. The van der Waals surface area contributed by atoms with Gasteiger partial charge in [0, 0.05) is 7.05 Å². The minimum atomic E-state index is -0.708. The molecule has 0 aliphatic carbocycles. The predicted molar refractivity (Wildman–Crippen MR) is 99.1 cm³/mol. The van der Waals surface area contributed by atoms with Crippen molar-refractivity contribution < 1.29 is 9.90 Å². The Morgan fingerprint density at radius 2 is 1.60 bits per heavy atom. The summed E-state index contributed by atoms with van der Waals surface area (Å²) < 4.78 is 0. The first kappa shape index (κ1) is 17.5. The van der Waals surface area contributed by atoms with Crippen molar-refractivity contribution in [1.82, 2.24) is 9.80 Å². The fourth-order valence-corrected chi connectivity index (χ4v) is 3.80. The number of hydrogen-bond donors (Lipinski definition) is 1. The first-order valence-electron chi connectivity index (χ1n) is 8.89. The van der Waals surface area contributed by atoms with Crippen LogP contribution in [-0.2, 0) is 0 Å². The van der Waals surface area contributed by atoms with Crippen LogP contribution in [0.2, 0.25) is 0 Å². The lowest BCUT2D eigenvalue weighted by Gasteiger charge is -2.35. The van der Waals surface area contributed by atoms with Crippen molar-refractivity contribution >= 4 is 6.03 Å². The molecule has 0 radical (unpaired) electrons. The summed E-state index contributed by atoms with van der Waals surface area (Å²) in [5.41, 5.74) is 1.95. The van der Waals surface area contributed by atoms with E-state index in [9.17, 15) is 9.90 Å². The zero-order valence-corrected chi connectivity index (χ0v) is 15.0. The van der Waals surface area contributed by atoms with Crippen molar-refractivity contribution in [1.29, 1.82) is 0 Å². The van der Waals surface area contributed by atoms with E-state index in [0.717, 1.165) is 11.1 Å². The molecule has 3 rings (SSSR count). The van der Waals surface area contributed by atoms with Gasteiger partial charge in [0.25, 0.3) is 0 Å². The molecule has 2 aromatic carbocycles. The van der Waals surface area contributed by atoms with Crippen molar-refractivity contribution in [3.63, 3.8) is 0 Å². The van der Waals surface area contributed by atoms with Gasteiger partial charge in [0.05, 0.1) is 24.2 Å². The monoisotopic (exact) mass is 338 g/mol. The Balaban J connectivity index is 1.99. The molecule has 1 heterocycles. The van der Waals surface area contributed by atoms with Gasteiger partial charge < -0.3 is 14.9 Å². The molecule has 132 valence electrons. The first-order chi connectivity index (χ1) is 12.1. The van der Waals surface area contributed by atoms with E-state index in [1.54, 1.807) is 4.90 Å². The molecule has 1 unspecified atom stereocenters. The lowest BCUT2D eigenvalue weighted by Crippen LogP contribution is -2.43. The van der Waals surface area contributed by atoms with Crippen LogP contribution in [0.15, 0.2) is 60.7 Å². The number of rotatable bonds is 5. The van der Waals surface area contributed by atoms with Crippen LogP contribution >= 0.6 is 0 Å². The van der Waals surface area contributed by atoms with Crippen molar-refractivity contribution in [2.75, 3.05) is 7.05 Å². The number of aliphatic hydroxyl groups excluding tert-OH is 1. The second-order valence-corrected chi connectivity index (χ2v) is 6.73. The van der Waals surface area contributed by atoms with Gasteiger partial charge in [0.1, 0.15) is 0 Å². The van der Waals surface area contributed by atoms with Gasteiger partial charge in [-0.05, 0) is 24.5 Å². The molecule has 1 saturated heterocycles. The lowest BCUT2D eigenvalue weighted by atomic mass is 9.94. The molecule has 0 spiro atoms. The average Bonchev–Trinajstić information content (AvgIpc) is 2.88. The molecule has 4 atom stereocenters. The maximum Gasteiger partial charge on any atom is 0.321 e. The van der Waals surface area contributed by atoms with Crippen LogP contribution in [0.25, 0.3) is 0 Å². The van der Waals surface area contributed by atoms with Crippen LogP contribution < -0.4 is 0 Å². The van der Waals surface area contributed by atoms with Crippen molar-refractivity contribution in [2.45, 2.75) is 44.5 Å². The number of carbonyl (C=O) groups excluding carboxylic acids is 1. The fourth-order valence-electron chi connectivity index (χ4n) is 3.80. The summed E-state index contributed by atoms with van der Waals surface area (Å²) in [6, 6.07) is 19.4. The van der Waals surface area contributed by atoms with Gasteiger partial charge in [-0.15, -0.1) is 0 Å². The summed E-state index contributed by atoms with van der Waals surface area (Å²) in [4.78, 5) is 16.6. The number of benzene rings is 2. The van der Waals surface area contributed by atoms with Crippen LogP contribution in [0, 0.1) is 0 Å². The third-order valence-corrected chi connectivity index (χ3v) is 5.31. The Hall–Kier alpha value is -2.33. The van der Waals surface area contributed by atoms with E-state index in [0.29, 0.717) is 6.42 Å². The number of urea groups is 1. The topological polar surface area (TPSA) is 43.8 Å². The third kappa shape index (κ3) is 3.14. The Morgan fingerprint density at radius 3 is 2.16 bits per heavy atom. The predicted octanol–water partition coefficient (Wildman–Crippen LogP) is 4.00. The van der Waals surface area contributed by atoms with Crippen LogP contribution in [0.5, 0.6) is 0 Å². The largest absolute Gasteiger partial charge is 0.386 e. The smallest absolute Gasteiger partial charge is 0.321 e. The highest BCUT2D eigenvalue weighted by atomic mass is 16.3. The number of likely N-dealkylation sites (N-methyl/N-ethyl adjacent to an activating group) is 1. The van der Waals surface area contributed by atoms with Crippen LogP contribution in [0.3, 0.4) is 0 Å². The minimum absolute atomic E-state index is 0.0248. The molecule has 1 aliphatic heterocycles. The van der Waals surface area contributed by atoms with E-state index in [4.69, 9.17) is 0 Å². The molecule has 1 aliphatic rings. The van der Waals surface area contributed by atoms with Crippen molar-refractivity contribution in [3.05, 3.63) is 71.8 Å². The molecule has 1 fully saturated rings. The molecule has 2 aromatic rings. The summed E-state index contributed by atoms with van der Waals surface area (Å²) in [7, 11) is 1.84. The third-order valence-electron chi connectivity index (χ3n) is 5.31. The van der Waals surface area contributed by atoms with E-state index in [-0.39, 0.29) is 24.2 Å². The lowest BCUT2D eigenvalue weighted by molar-refractivity contribution is 0.0536. The van der Waals surface area contributed by atoms with Crippen LogP contribution in [0.1, 0.15) is 43.5 Å². The van der Waals surface area contributed by atoms with Gasteiger partial charge in [-0.2, -0.15) is 0 Å². The maximum atomic E-state index is 13.0. The second kappa shape index (κ2) is 7.28. The fraction of sp³-hybridized carbons (Fsp3) is 0.381. The van der Waals surface area contributed by atoms with E-state index in [1.807, 2.05) is 67.4 Å². The van der Waals surface area contributed by atoms with Gasteiger partial charge in [-0.3, -0.25) is 0 Å². The van der Waals surface area contributed by atoms with E-state index < -0.39 is 6.10 Å². The van der Waals surface area contributed by atoms with Crippen LogP contribution in [0.4, 0.5) is 4.79 Å². The minimum Gasteiger partial charge on any atom is -0.386 e. The highest BCUT2D eigenvalue weighted by Crippen LogP contribution is 2.39. The highest BCUT2D eigenvalue weighted by Gasteiger charge is 2.46. The van der Waals surface area contributed by atoms with E-state index in [1.165, 1.54) is 0 Å². The molecule has 4 heteroatoms. The normalized spacial score (nSPS) is 23.0. The number of carbonyl (C=O) groups is 1. The Morgan fingerprint density at radius 1 is 1.04 bits per heavy atom. The molecular weight excluding hydrogens is 312 g/mol. The summed E-state index contributed by atoms with van der Waals surface area (Å²) in [5, 5.41) is 11.0. The highest BCUT2D eigenvalue weighted by molar-refractivity contribution is 5.78. The zero-order chi connectivity index (χ0) is 18.0. The first-order valence-corrected chi connectivity index (χ1v) is 8.89. The Kier molecular flexibility index (Phi) is 5.09. The SMILES string of the molecule is CC[C@H](C(O)c1ccccc1)N1C(=O)N(C)[C@@H](C)[C@H]1c1ccccc1. The van der Waals surface area contributed by atoms with E-state index >= 15 is 0 Å². The molecule has 25 heavy (non-hydrogen) atoms. The summed E-state index contributed by atoms with van der Waals surface area (Å²) in [6.45, 7) is 4.09. The molecule has 2 amide bonds. The van der Waals surface area contributed by atoms with Crippen LogP contribution in [-0.4, -0.2) is 40.1 Å². The van der Waals surface area contributed by atoms with Gasteiger partial charge >= 0.3 is 6.03 Å². The molecule has 1 N–H and O–H groups in total. The summed E-state index contributed by atoms with van der Waals surface area (Å²) in [6.07, 6.45) is -0.0221. The Labute approximate surface area is 149 Å². The van der Waals surface area contributed by atoms with Gasteiger partial charge in [0.2, 0.25) is 0 Å². The number of nitrogens with zero attached hydrogens (tertiary/aromatic N) is 2. The molecular formula is C21H26N2O2. The van der Waals surface area contributed by atoms with Crippen molar-refractivity contribution in [2.24, 2.45) is 0 Å². The second-order valence-electron chi connectivity index (χ2n) is 6.73. The average molecular weight is 338 g/mol. The molecule has 0 bridgehead atoms. The Bertz CT molecular complexity index is 704. The number of amides is 2. The van der Waals surface area contributed by atoms with Gasteiger partial charge in [0.15, 0.2) is 0 Å². The number of hydrogen-bond acceptors (Lipinski definition) is 2. The zero-order valence-electron chi connectivity index (χ0n) is 15.0. The standard InChI is InChI=1S/C21H26N2O2/c1-4-18(20(24)17-13-9-6-10-14-17)23-19(15(2)22(3)21(23)25)16-11-7-5-8-12-16/h5-15,18-20,24H,4H2,1-3H3/t15-,18+,19-,20?/m0/s1. The number of aliphatic hydroxyl groups is 1. The maximum absolute atomic E-state index is 13.0.